The maximum absolute atomic E-state index is 13.2. The first-order valence-electron chi connectivity index (χ1n) is 13.2. The molecule has 0 radical (unpaired) electrons. The molecule has 1 saturated heterocycles. The number of ether oxygens (including phenoxy) is 2. The van der Waals surface area contributed by atoms with Gasteiger partial charge in [0.25, 0.3) is 0 Å². The van der Waals surface area contributed by atoms with Crippen molar-refractivity contribution >= 4 is 12.1 Å². The van der Waals surface area contributed by atoms with E-state index in [1.807, 2.05) is 20.8 Å². The molecule has 1 fully saturated rings. The first-order valence-corrected chi connectivity index (χ1v) is 13.2. The minimum absolute atomic E-state index is 0.0694. The first kappa shape index (κ1) is 26.5. The minimum Gasteiger partial charge on any atom is -0.476 e. The maximum Gasteiger partial charge on any atom is 0.410 e. The van der Waals surface area contributed by atoms with Crippen LogP contribution in [0.25, 0.3) is 11.3 Å². The molecule has 10 heteroatoms. The average molecular weight is 537 g/mol. The molecule has 0 spiro atoms. The van der Waals surface area contributed by atoms with Crippen molar-refractivity contribution in [1.29, 1.82) is 0 Å². The van der Waals surface area contributed by atoms with Gasteiger partial charge in [-0.15, -0.1) is 0 Å². The van der Waals surface area contributed by atoms with Crippen LogP contribution < -0.4 is 10.2 Å². The van der Waals surface area contributed by atoms with Gasteiger partial charge in [-0.25, -0.2) is 23.6 Å². The van der Waals surface area contributed by atoms with Crippen LogP contribution in [0.3, 0.4) is 0 Å². The minimum atomic E-state index is -1.07. The number of benzene rings is 2. The van der Waals surface area contributed by atoms with Gasteiger partial charge in [0.1, 0.15) is 34.4 Å². The van der Waals surface area contributed by atoms with Crippen molar-refractivity contribution in [3.63, 3.8) is 0 Å². The predicted octanol–water partition coefficient (Wildman–Crippen LogP) is 5.86. The molecule has 1 atom stereocenters. The van der Waals surface area contributed by atoms with Crippen LogP contribution in [0.15, 0.2) is 48.5 Å². The normalized spacial score (nSPS) is 17.7. The Morgan fingerprint density at radius 1 is 1.00 bits per heavy atom. The van der Waals surface area contributed by atoms with Gasteiger partial charge in [-0.3, -0.25) is 0 Å². The molecule has 0 saturated carbocycles. The number of halogens is 1. The van der Waals surface area contributed by atoms with Crippen LogP contribution in [0, 0.1) is 11.7 Å². The number of carboxylic acid groups (broad SMARTS) is 1. The van der Waals surface area contributed by atoms with Gasteiger partial charge < -0.3 is 24.9 Å². The quantitative estimate of drug-likeness (QED) is 0.421. The van der Waals surface area contributed by atoms with Gasteiger partial charge in [0, 0.05) is 31.1 Å². The molecule has 0 bridgehead atoms. The number of hydrogen-bond acceptors (Lipinski definition) is 6. The fraction of sp³-hybridized carbons (Fsp3) is 0.414. The van der Waals surface area contributed by atoms with E-state index in [9.17, 15) is 19.1 Å². The molecule has 9 nitrogen and oxygen atoms in total. The van der Waals surface area contributed by atoms with E-state index in [1.54, 1.807) is 46.0 Å². The molecule has 3 aromatic rings. The monoisotopic (exact) mass is 536 g/mol. The molecule has 2 aliphatic rings. The Bertz CT molecular complexity index is 1340. The number of carboxylic acids is 1. The van der Waals surface area contributed by atoms with Crippen molar-refractivity contribution in [3.05, 3.63) is 65.9 Å². The van der Waals surface area contributed by atoms with E-state index in [-0.39, 0.29) is 29.4 Å². The summed E-state index contributed by atoms with van der Waals surface area (Å²) in [7, 11) is 0. The summed E-state index contributed by atoms with van der Waals surface area (Å²) in [4.78, 5) is 31.5. The predicted molar refractivity (Wildman–Crippen MR) is 143 cm³/mol. The number of carbonyl (C=O) groups excluding carboxylic acids is 1. The summed E-state index contributed by atoms with van der Waals surface area (Å²) >= 11 is 0. The number of carbonyl (C=O) groups is 2. The second-order valence-electron chi connectivity index (χ2n) is 11.0. The largest absolute Gasteiger partial charge is 0.476 e. The molecule has 0 aliphatic carbocycles. The molecule has 1 aromatic heterocycles. The number of aromatic nitrogens is 2. The highest BCUT2D eigenvalue weighted by molar-refractivity contribution is 5.93. The van der Waals surface area contributed by atoms with Crippen molar-refractivity contribution in [2.45, 2.75) is 51.6 Å². The van der Waals surface area contributed by atoms with Crippen LogP contribution in [0.1, 0.15) is 62.3 Å². The number of nitrogens with one attached hydrogen (secondary N) is 1. The van der Waals surface area contributed by atoms with Gasteiger partial charge in [-0.2, -0.15) is 0 Å². The van der Waals surface area contributed by atoms with Crippen molar-refractivity contribution in [2.24, 2.45) is 5.92 Å². The summed E-state index contributed by atoms with van der Waals surface area (Å²) in [6.07, 6.45) is 2.13. The Morgan fingerprint density at radius 3 is 2.21 bits per heavy atom. The van der Waals surface area contributed by atoms with Crippen molar-refractivity contribution in [3.8, 4) is 22.8 Å². The fourth-order valence-electron chi connectivity index (χ4n) is 5.28. The Labute approximate surface area is 226 Å². The third-order valence-electron chi connectivity index (χ3n) is 7.10. The number of nitrogens with zero attached hydrogens (tertiary/aromatic N) is 3. The molecular formula is C29H33FN4O5. The molecule has 3 heterocycles. The zero-order chi connectivity index (χ0) is 27.7. The summed E-state index contributed by atoms with van der Waals surface area (Å²) in [5, 5.41) is 10.1. The van der Waals surface area contributed by atoms with E-state index in [4.69, 9.17) is 14.5 Å². The van der Waals surface area contributed by atoms with Crippen molar-refractivity contribution in [1.82, 2.24) is 14.6 Å². The van der Waals surface area contributed by atoms with Crippen molar-refractivity contribution < 1.29 is 28.6 Å². The molecule has 2 N–H and O–H groups in total. The van der Waals surface area contributed by atoms with Gasteiger partial charge in [0.15, 0.2) is 5.69 Å². The van der Waals surface area contributed by atoms with E-state index in [0.717, 1.165) is 19.3 Å². The lowest BCUT2D eigenvalue weighted by molar-refractivity contribution is 0.0170. The number of rotatable bonds is 5. The van der Waals surface area contributed by atoms with E-state index in [0.29, 0.717) is 48.2 Å². The second-order valence-corrected chi connectivity index (χ2v) is 11.0. The van der Waals surface area contributed by atoms with Gasteiger partial charge in [-0.1, -0.05) is 0 Å². The first-order chi connectivity index (χ1) is 18.6. The molecule has 2 aromatic carbocycles. The topological polar surface area (TPSA) is 106 Å². The van der Waals surface area contributed by atoms with Gasteiger partial charge in [0.2, 0.25) is 0 Å². The Hall–Kier alpha value is -4.08. The van der Waals surface area contributed by atoms with Crippen LogP contribution in [-0.4, -0.2) is 57.0 Å². The maximum atomic E-state index is 13.2. The molecule has 1 unspecified atom stereocenters. The smallest absolute Gasteiger partial charge is 0.410 e. The number of piperidine rings is 1. The van der Waals surface area contributed by atoms with Crippen LogP contribution in [-0.2, 0) is 4.74 Å². The Balaban J connectivity index is 1.35. The lowest BCUT2D eigenvalue weighted by Gasteiger charge is -2.38. The highest BCUT2D eigenvalue weighted by Crippen LogP contribution is 2.39. The third kappa shape index (κ3) is 5.84. The number of likely N-dealkylation sites (tertiary alicyclic amines) is 1. The molecule has 39 heavy (non-hydrogen) atoms. The third-order valence-corrected chi connectivity index (χ3v) is 7.10. The zero-order valence-electron chi connectivity index (χ0n) is 22.3. The molecule has 5 rings (SSSR count). The van der Waals surface area contributed by atoms with Crippen LogP contribution in [0.4, 0.5) is 9.18 Å². The van der Waals surface area contributed by atoms with Crippen molar-refractivity contribution in [2.75, 3.05) is 25.1 Å². The molecular weight excluding hydrogens is 503 g/mol. The zero-order valence-corrected chi connectivity index (χ0v) is 22.3. The number of amides is 1. The molecule has 1 amide bonds. The average Bonchev–Trinajstić information content (AvgIpc) is 3.30. The number of fused-ring (bicyclic) bond motifs is 1. The van der Waals surface area contributed by atoms with Gasteiger partial charge in [0.05, 0.1) is 0 Å². The summed E-state index contributed by atoms with van der Waals surface area (Å²) in [6, 6.07) is 12.7. The summed E-state index contributed by atoms with van der Waals surface area (Å²) in [5.74, 6) is 0.673. The van der Waals surface area contributed by atoms with Gasteiger partial charge >= 0.3 is 12.1 Å². The fourth-order valence-corrected chi connectivity index (χ4v) is 5.28. The highest BCUT2D eigenvalue weighted by Gasteiger charge is 2.37. The Morgan fingerprint density at radius 2 is 1.62 bits per heavy atom. The number of imidazole rings is 1. The molecule has 206 valence electrons. The lowest BCUT2D eigenvalue weighted by atomic mass is 9.81. The van der Waals surface area contributed by atoms with E-state index < -0.39 is 11.6 Å². The van der Waals surface area contributed by atoms with E-state index >= 15 is 0 Å². The van der Waals surface area contributed by atoms with E-state index in [2.05, 4.69) is 5.43 Å². The lowest BCUT2D eigenvalue weighted by Crippen LogP contribution is -2.43. The molecule has 2 aliphatic heterocycles. The van der Waals surface area contributed by atoms with E-state index in [1.165, 1.54) is 12.1 Å². The standard InChI is InChI=1S/C29H33FN4O5/c1-29(2,3)39-28(37)33-16-13-18(14-17-33)23-12-15-31-34-25(27(35)36)24(32-26(23)34)19-4-8-21(9-5-19)38-22-10-6-20(30)7-11-22/h4-11,18,23,31H,12-17H2,1-3H3,(H,35,36). The number of hydrogen-bond donors (Lipinski definition) is 2. The summed E-state index contributed by atoms with van der Waals surface area (Å²) in [5.41, 5.74) is 3.80. The summed E-state index contributed by atoms with van der Waals surface area (Å²) in [6.45, 7) is 7.39. The Kier molecular flexibility index (Phi) is 7.20. The van der Waals surface area contributed by atoms with Gasteiger partial charge in [-0.05, 0) is 94.5 Å². The summed E-state index contributed by atoms with van der Waals surface area (Å²) < 4.78 is 26.1. The number of aromatic carboxylic acids is 1. The second kappa shape index (κ2) is 10.6. The van der Waals surface area contributed by atoms with Crippen LogP contribution in [0.2, 0.25) is 0 Å². The van der Waals surface area contributed by atoms with Crippen LogP contribution >= 0.6 is 0 Å². The highest BCUT2D eigenvalue weighted by atomic mass is 19.1. The van der Waals surface area contributed by atoms with Crippen LogP contribution in [0.5, 0.6) is 11.5 Å². The SMILES string of the molecule is CC(C)(C)OC(=O)N1CCC(C2CCNn3c2nc(-c2ccc(Oc4ccc(F)cc4)cc2)c3C(=O)O)CC1.